The molecule has 8 nitrogen and oxygen atoms in total. The summed E-state index contributed by atoms with van der Waals surface area (Å²) in [5, 5.41) is 6.64. The molecule has 3 rings (SSSR count). The van der Waals surface area contributed by atoms with Crippen molar-refractivity contribution >= 4 is 22.6 Å². The Morgan fingerprint density at radius 3 is 2.64 bits per heavy atom. The van der Waals surface area contributed by atoms with Gasteiger partial charge in [0.05, 0.1) is 19.8 Å². The Kier molecular flexibility index (Phi) is 8.63. The molecule has 33 heavy (non-hydrogen) atoms. The largest absolute Gasteiger partial charge is 0.476 e. The molecule has 1 amide bonds. The minimum absolute atomic E-state index is 0.319. The molecule has 0 aliphatic rings. The van der Waals surface area contributed by atoms with Crippen molar-refractivity contribution in [2.45, 2.75) is 13.0 Å². The maximum Gasteiger partial charge on any atom is 0.336 e. The van der Waals surface area contributed by atoms with Crippen molar-refractivity contribution in [1.82, 2.24) is 5.32 Å². The molecule has 0 radical (unpaired) electrons. The molecule has 0 aliphatic carbocycles. The first kappa shape index (κ1) is 24.0. The second-order valence-corrected chi connectivity index (χ2v) is 7.27. The lowest BCUT2D eigenvalue weighted by Crippen LogP contribution is -2.34. The number of hydrogen-bond donors (Lipinski definition) is 2. The number of hydrogen-bond acceptors (Lipinski definition) is 7. The molecule has 0 fully saturated rings. The van der Waals surface area contributed by atoms with Crippen molar-refractivity contribution in [3.63, 3.8) is 0 Å². The first-order chi connectivity index (χ1) is 16.0. The fourth-order valence-electron chi connectivity index (χ4n) is 3.24. The van der Waals surface area contributed by atoms with Crippen molar-refractivity contribution in [2.24, 2.45) is 0 Å². The van der Waals surface area contributed by atoms with Crippen LogP contribution >= 0.6 is 0 Å². The maximum atomic E-state index is 13.0. The molecule has 0 aliphatic heterocycles. The van der Waals surface area contributed by atoms with Gasteiger partial charge in [0.25, 0.3) is 5.91 Å². The summed E-state index contributed by atoms with van der Waals surface area (Å²) >= 11 is 0. The summed E-state index contributed by atoms with van der Waals surface area (Å²) in [6.45, 7) is 7.10. The van der Waals surface area contributed by atoms with Crippen molar-refractivity contribution in [1.29, 1.82) is 0 Å². The number of nitrogens with one attached hydrogen (secondary N) is 2. The van der Waals surface area contributed by atoms with Gasteiger partial charge in [-0.2, -0.15) is 0 Å². The molecule has 1 unspecified atom stereocenters. The van der Waals surface area contributed by atoms with E-state index in [1.165, 1.54) is 6.07 Å². The molecule has 174 valence electrons. The van der Waals surface area contributed by atoms with Crippen LogP contribution in [0.15, 0.2) is 70.5 Å². The van der Waals surface area contributed by atoms with Crippen LogP contribution in [0.2, 0.25) is 0 Å². The molecule has 0 bridgehead atoms. The minimum Gasteiger partial charge on any atom is -0.476 e. The van der Waals surface area contributed by atoms with Gasteiger partial charge in [-0.05, 0) is 43.0 Å². The van der Waals surface area contributed by atoms with Crippen LogP contribution in [0.25, 0.3) is 11.0 Å². The number of fused-ring (bicyclic) bond motifs is 1. The van der Waals surface area contributed by atoms with Gasteiger partial charge >= 0.3 is 5.63 Å². The van der Waals surface area contributed by atoms with Crippen molar-refractivity contribution in [3.05, 3.63) is 82.9 Å². The molecule has 0 saturated heterocycles. The first-order valence-electron chi connectivity index (χ1n) is 10.5. The Balaban J connectivity index is 1.80. The predicted molar refractivity (Wildman–Crippen MR) is 127 cm³/mol. The number of benzene rings is 2. The van der Waals surface area contributed by atoms with Crippen LogP contribution in [-0.4, -0.2) is 39.4 Å². The highest BCUT2D eigenvalue weighted by atomic mass is 16.5. The van der Waals surface area contributed by atoms with Gasteiger partial charge in [-0.1, -0.05) is 18.7 Å². The van der Waals surface area contributed by atoms with E-state index in [0.29, 0.717) is 43.3 Å². The molecule has 2 N–H and O–H groups in total. The number of anilines is 1. The topological polar surface area (TPSA) is 99.0 Å². The van der Waals surface area contributed by atoms with Gasteiger partial charge in [0.2, 0.25) is 6.10 Å². The number of rotatable bonds is 12. The van der Waals surface area contributed by atoms with E-state index in [1.807, 2.05) is 19.1 Å². The third kappa shape index (κ3) is 6.68. The van der Waals surface area contributed by atoms with Gasteiger partial charge in [-0.15, -0.1) is 0 Å². The van der Waals surface area contributed by atoms with E-state index >= 15 is 0 Å². The van der Waals surface area contributed by atoms with Crippen LogP contribution in [0.1, 0.15) is 17.2 Å². The van der Waals surface area contributed by atoms with E-state index in [-0.39, 0.29) is 5.91 Å². The van der Waals surface area contributed by atoms with E-state index in [0.717, 1.165) is 16.6 Å². The number of amides is 1. The lowest BCUT2D eigenvalue weighted by Gasteiger charge is -2.20. The fourth-order valence-corrected chi connectivity index (χ4v) is 3.24. The maximum absolute atomic E-state index is 13.0. The van der Waals surface area contributed by atoms with Gasteiger partial charge in [-0.3, -0.25) is 4.79 Å². The molecule has 2 aromatic carbocycles. The normalized spacial score (nSPS) is 11.7. The molecule has 8 heteroatoms. The minimum atomic E-state index is -0.921. The van der Waals surface area contributed by atoms with Crippen molar-refractivity contribution in [2.75, 3.05) is 38.8 Å². The summed E-state index contributed by atoms with van der Waals surface area (Å²) in [4.78, 5) is 24.8. The second-order valence-electron chi connectivity index (χ2n) is 7.27. The monoisotopic (exact) mass is 452 g/mol. The highest BCUT2D eigenvalue weighted by molar-refractivity contribution is 5.84. The highest BCUT2D eigenvalue weighted by Crippen LogP contribution is 2.27. The zero-order valence-electron chi connectivity index (χ0n) is 18.8. The molecular formula is C25H28N2O6. The van der Waals surface area contributed by atoms with Gasteiger partial charge in [0.15, 0.2) is 0 Å². The third-order valence-electron chi connectivity index (χ3n) is 4.87. The Morgan fingerprint density at radius 2 is 1.91 bits per heavy atom. The molecule has 0 saturated carbocycles. The van der Waals surface area contributed by atoms with Crippen molar-refractivity contribution in [3.8, 4) is 5.75 Å². The standard InChI is InChI=1S/C25H28N2O6/c1-4-26-19-7-5-18(6-8-19)24(25(29)27-11-12-31-14-13-30-3)32-20-9-10-21-17(2)15-23(28)33-22(21)16-20/h4-10,15-16,24,26H,1,11-14H2,2-3H3,(H,27,29). The Bertz CT molecular complexity index is 1140. The summed E-state index contributed by atoms with van der Waals surface area (Å²) in [5.74, 6) is 0.0848. The Hall–Kier alpha value is -3.62. The fraction of sp³-hybridized carbons (Fsp3) is 0.280. The van der Waals surface area contributed by atoms with E-state index in [9.17, 15) is 9.59 Å². The molecule has 0 spiro atoms. The molecular weight excluding hydrogens is 424 g/mol. The van der Waals surface area contributed by atoms with Crippen LogP contribution in [0.5, 0.6) is 5.75 Å². The zero-order chi connectivity index (χ0) is 23.6. The second kappa shape index (κ2) is 11.8. The van der Waals surface area contributed by atoms with Crippen LogP contribution in [0.3, 0.4) is 0 Å². The molecule has 1 atom stereocenters. The third-order valence-corrected chi connectivity index (χ3v) is 4.87. The van der Waals surface area contributed by atoms with E-state index < -0.39 is 11.7 Å². The smallest absolute Gasteiger partial charge is 0.336 e. The van der Waals surface area contributed by atoms with Gasteiger partial charge in [0.1, 0.15) is 11.3 Å². The Morgan fingerprint density at radius 1 is 1.12 bits per heavy atom. The first-order valence-corrected chi connectivity index (χ1v) is 10.5. The quantitative estimate of drug-likeness (QED) is 0.320. The number of carbonyl (C=O) groups is 1. The number of carbonyl (C=O) groups excluding carboxylic acids is 1. The molecule has 1 heterocycles. The van der Waals surface area contributed by atoms with E-state index in [2.05, 4.69) is 17.2 Å². The van der Waals surface area contributed by atoms with Crippen LogP contribution in [-0.2, 0) is 14.3 Å². The van der Waals surface area contributed by atoms with Crippen LogP contribution in [0, 0.1) is 6.92 Å². The average Bonchev–Trinajstić information content (AvgIpc) is 2.80. The molecule has 1 aromatic heterocycles. The highest BCUT2D eigenvalue weighted by Gasteiger charge is 2.23. The SMILES string of the molecule is C=CNc1ccc(C(Oc2ccc3c(C)cc(=O)oc3c2)C(=O)NCCOCCOC)cc1. The lowest BCUT2D eigenvalue weighted by molar-refractivity contribution is -0.128. The summed E-state index contributed by atoms with van der Waals surface area (Å²) in [6, 6.07) is 13.9. The summed E-state index contributed by atoms with van der Waals surface area (Å²) in [6.07, 6.45) is 0.653. The van der Waals surface area contributed by atoms with Gasteiger partial charge < -0.3 is 29.3 Å². The Labute approximate surface area is 192 Å². The molecule has 3 aromatic rings. The summed E-state index contributed by atoms with van der Waals surface area (Å²) < 4.78 is 21.7. The van der Waals surface area contributed by atoms with Crippen molar-refractivity contribution < 1.29 is 23.4 Å². The van der Waals surface area contributed by atoms with Gasteiger partial charge in [-0.25, -0.2) is 4.79 Å². The number of aryl methyl sites for hydroxylation is 1. The van der Waals surface area contributed by atoms with Crippen LogP contribution < -0.4 is 21.0 Å². The average molecular weight is 453 g/mol. The van der Waals surface area contributed by atoms with Crippen LogP contribution in [0.4, 0.5) is 5.69 Å². The predicted octanol–water partition coefficient (Wildman–Crippen LogP) is 3.56. The van der Waals surface area contributed by atoms with E-state index in [4.69, 9.17) is 18.6 Å². The summed E-state index contributed by atoms with van der Waals surface area (Å²) in [7, 11) is 1.60. The summed E-state index contributed by atoms with van der Waals surface area (Å²) in [5.41, 5.74) is 2.26. The van der Waals surface area contributed by atoms with Gasteiger partial charge in [0, 0.05) is 42.4 Å². The zero-order valence-corrected chi connectivity index (χ0v) is 18.8. The number of methoxy groups -OCH3 is 1. The number of ether oxygens (including phenoxy) is 3. The van der Waals surface area contributed by atoms with E-state index in [1.54, 1.807) is 43.6 Å². The lowest BCUT2D eigenvalue weighted by atomic mass is 10.1.